The van der Waals surface area contributed by atoms with E-state index < -0.39 is 0 Å². The summed E-state index contributed by atoms with van der Waals surface area (Å²) in [7, 11) is 0. The molecule has 196 valence electrons. The summed E-state index contributed by atoms with van der Waals surface area (Å²) >= 11 is 0. The van der Waals surface area contributed by atoms with E-state index in [4.69, 9.17) is 0 Å². The summed E-state index contributed by atoms with van der Waals surface area (Å²) in [6.07, 6.45) is 8.18. The highest BCUT2D eigenvalue weighted by Crippen LogP contribution is 2.48. The molecule has 7 aromatic rings. The second-order valence-electron chi connectivity index (χ2n) is 11.6. The van der Waals surface area contributed by atoms with Crippen molar-refractivity contribution in [3.8, 4) is 22.3 Å². The molecule has 0 amide bonds. The average molecular weight is 533 g/mol. The van der Waals surface area contributed by atoms with Gasteiger partial charge in [-0.3, -0.25) is 0 Å². The Morgan fingerprint density at radius 2 is 1.29 bits per heavy atom. The largest absolute Gasteiger partial charge is 0.0753 e. The molecule has 0 nitrogen and oxygen atoms in total. The Bertz CT molecular complexity index is 2250. The van der Waals surface area contributed by atoms with Gasteiger partial charge in [-0.25, -0.2) is 0 Å². The van der Waals surface area contributed by atoms with Gasteiger partial charge in [-0.2, -0.15) is 0 Å². The number of rotatable bonds is 3. The van der Waals surface area contributed by atoms with Crippen molar-refractivity contribution >= 4 is 44.0 Å². The van der Waals surface area contributed by atoms with Gasteiger partial charge in [0.1, 0.15) is 0 Å². The van der Waals surface area contributed by atoms with Gasteiger partial charge in [0.25, 0.3) is 0 Å². The molecule has 9 rings (SSSR count). The maximum absolute atomic E-state index is 2.48. The summed E-state index contributed by atoms with van der Waals surface area (Å²) in [6.45, 7) is 0. The van der Waals surface area contributed by atoms with Crippen LogP contribution in [0.2, 0.25) is 0 Å². The van der Waals surface area contributed by atoms with E-state index in [0.29, 0.717) is 0 Å². The van der Waals surface area contributed by atoms with Crippen LogP contribution in [0.4, 0.5) is 0 Å². The van der Waals surface area contributed by atoms with Crippen LogP contribution >= 0.6 is 0 Å². The molecule has 1 atom stereocenters. The van der Waals surface area contributed by atoms with Gasteiger partial charge in [0.2, 0.25) is 0 Å². The number of hydrogen-bond donors (Lipinski definition) is 0. The second-order valence-corrected chi connectivity index (χ2v) is 11.6. The zero-order valence-electron chi connectivity index (χ0n) is 23.2. The molecule has 0 heterocycles. The monoisotopic (exact) mass is 532 g/mol. The number of allylic oxidation sites excluding steroid dienone is 3. The van der Waals surface area contributed by atoms with Crippen molar-refractivity contribution in [1.82, 2.24) is 0 Å². The van der Waals surface area contributed by atoms with Gasteiger partial charge in [-0.15, -0.1) is 0 Å². The smallest absolute Gasteiger partial charge is 0.0276 e. The Hall–Kier alpha value is -5.20. The molecule has 0 bridgehead atoms. The van der Waals surface area contributed by atoms with Crippen LogP contribution in [0, 0.1) is 0 Å². The van der Waals surface area contributed by atoms with Crippen LogP contribution in [-0.2, 0) is 6.42 Å². The first-order valence-electron chi connectivity index (χ1n) is 14.9. The summed E-state index contributed by atoms with van der Waals surface area (Å²) in [5.74, 6) is 0.252. The van der Waals surface area contributed by atoms with Crippen molar-refractivity contribution in [1.29, 1.82) is 0 Å². The maximum atomic E-state index is 2.48. The Morgan fingerprint density at radius 1 is 0.524 bits per heavy atom. The van der Waals surface area contributed by atoms with Gasteiger partial charge in [-0.05, 0) is 94.9 Å². The molecule has 0 heteroatoms. The lowest BCUT2D eigenvalue weighted by atomic mass is 9.74. The maximum Gasteiger partial charge on any atom is 0.0276 e. The Balaban J connectivity index is 1.14. The molecule has 0 saturated heterocycles. The van der Waals surface area contributed by atoms with Gasteiger partial charge in [0.05, 0.1) is 0 Å². The standard InChI is InChI=1S/C42H28/c1-2-8-33-26-34(17-12-27(33)6-1)38-23-19-32-20-24-39-37(22-18-31-21-25-40(38)42(32)41(31)39)30-15-13-29(14-16-30)36-11-5-9-28-7-3-4-10-35(28)36/h1-19,21-26,37H,20H2. The molecular formula is C42H28. The van der Waals surface area contributed by atoms with Crippen molar-refractivity contribution < 1.29 is 0 Å². The summed E-state index contributed by atoms with van der Waals surface area (Å²) in [4.78, 5) is 0. The predicted octanol–water partition coefficient (Wildman–Crippen LogP) is 11.2. The zero-order chi connectivity index (χ0) is 27.6. The molecule has 0 aromatic heterocycles. The van der Waals surface area contributed by atoms with Crippen LogP contribution in [0.25, 0.3) is 66.2 Å². The van der Waals surface area contributed by atoms with Gasteiger partial charge >= 0.3 is 0 Å². The van der Waals surface area contributed by atoms with Crippen LogP contribution < -0.4 is 0 Å². The Kier molecular flexibility index (Phi) is 5.12. The van der Waals surface area contributed by atoms with Gasteiger partial charge < -0.3 is 0 Å². The molecular weight excluding hydrogens is 504 g/mol. The van der Waals surface area contributed by atoms with Crippen molar-refractivity contribution in [2.24, 2.45) is 0 Å². The lowest BCUT2D eigenvalue weighted by Gasteiger charge is -2.30. The third-order valence-corrected chi connectivity index (χ3v) is 9.36. The molecule has 0 aliphatic heterocycles. The molecule has 2 aliphatic carbocycles. The average Bonchev–Trinajstić information content (AvgIpc) is 3.06. The highest BCUT2D eigenvalue weighted by atomic mass is 14.3. The first kappa shape index (κ1) is 23.5. The highest BCUT2D eigenvalue weighted by Gasteiger charge is 2.27. The normalized spacial score (nSPS) is 15.3. The minimum Gasteiger partial charge on any atom is -0.0753 e. The Morgan fingerprint density at radius 3 is 2.19 bits per heavy atom. The lowest BCUT2D eigenvalue weighted by Crippen LogP contribution is -2.10. The quantitative estimate of drug-likeness (QED) is 0.212. The first-order chi connectivity index (χ1) is 20.8. The van der Waals surface area contributed by atoms with E-state index >= 15 is 0 Å². The van der Waals surface area contributed by atoms with E-state index in [1.54, 1.807) is 0 Å². The van der Waals surface area contributed by atoms with Crippen molar-refractivity contribution in [3.63, 3.8) is 0 Å². The molecule has 0 saturated carbocycles. The lowest BCUT2D eigenvalue weighted by molar-refractivity contribution is 1.08. The third-order valence-electron chi connectivity index (χ3n) is 9.36. The number of benzene rings is 7. The van der Waals surface area contributed by atoms with Crippen LogP contribution in [0.3, 0.4) is 0 Å². The fourth-order valence-electron chi connectivity index (χ4n) is 7.31. The summed E-state index contributed by atoms with van der Waals surface area (Å²) in [5, 5.41) is 7.93. The van der Waals surface area contributed by atoms with E-state index in [1.807, 2.05) is 0 Å². The fourth-order valence-corrected chi connectivity index (χ4v) is 7.31. The van der Waals surface area contributed by atoms with E-state index in [9.17, 15) is 0 Å². The molecule has 2 aliphatic rings. The molecule has 42 heavy (non-hydrogen) atoms. The molecule has 0 spiro atoms. The second kappa shape index (κ2) is 9.16. The van der Waals surface area contributed by atoms with Gasteiger partial charge in [0.15, 0.2) is 0 Å². The van der Waals surface area contributed by atoms with E-state index in [2.05, 4.69) is 152 Å². The van der Waals surface area contributed by atoms with Crippen LogP contribution in [-0.4, -0.2) is 0 Å². The van der Waals surface area contributed by atoms with Crippen LogP contribution in [0.15, 0.2) is 146 Å². The molecule has 1 unspecified atom stereocenters. The molecule has 0 radical (unpaired) electrons. The summed E-state index contributed by atoms with van der Waals surface area (Å²) in [6, 6.07) is 49.4. The highest BCUT2D eigenvalue weighted by molar-refractivity contribution is 6.09. The van der Waals surface area contributed by atoms with Crippen LogP contribution in [0.5, 0.6) is 0 Å². The van der Waals surface area contributed by atoms with E-state index in [1.165, 1.54) is 82.4 Å². The van der Waals surface area contributed by atoms with Gasteiger partial charge in [-0.1, -0.05) is 146 Å². The number of hydrogen-bond acceptors (Lipinski definition) is 0. The Labute approximate surface area is 245 Å². The minimum atomic E-state index is 0.252. The van der Waals surface area contributed by atoms with Gasteiger partial charge in [0, 0.05) is 5.92 Å². The molecule has 0 fully saturated rings. The SMILES string of the molecule is C1=CC(c2ccc(-c3cccc4ccccc34)cc2)C2=CCc3ccc(-c4ccc5ccccc5c4)c4ccc1c2c34. The summed E-state index contributed by atoms with van der Waals surface area (Å²) in [5.41, 5.74) is 12.1. The van der Waals surface area contributed by atoms with Crippen molar-refractivity contribution in [2.75, 3.05) is 0 Å². The van der Waals surface area contributed by atoms with Crippen molar-refractivity contribution in [2.45, 2.75) is 12.3 Å². The minimum absolute atomic E-state index is 0.252. The van der Waals surface area contributed by atoms with E-state index in [0.717, 1.165) is 6.42 Å². The fraction of sp³-hybridized carbons (Fsp3) is 0.0476. The predicted molar refractivity (Wildman–Crippen MR) is 180 cm³/mol. The first-order valence-corrected chi connectivity index (χ1v) is 14.9. The van der Waals surface area contributed by atoms with E-state index in [-0.39, 0.29) is 5.92 Å². The summed E-state index contributed by atoms with van der Waals surface area (Å²) < 4.78 is 0. The third kappa shape index (κ3) is 3.55. The molecule has 0 N–H and O–H groups in total. The van der Waals surface area contributed by atoms with Crippen LogP contribution in [0.1, 0.15) is 28.2 Å². The van der Waals surface area contributed by atoms with Crippen molar-refractivity contribution in [3.05, 3.63) is 168 Å². The number of fused-ring (bicyclic) bond motifs is 2. The molecule has 7 aromatic carbocycles. The zero-order valence-corrected chi connectivity index (χ0v) is 23.2. The topological polar surface area (TPSA) is 0 Å².